The van der Waals surface area contributed by atoms with Crippen LogP contribution < -0.4 is 4.90 Å². The monoisotopic (exact) mass is 434 g/mol. The normalized spacial score (nSPS) is 26.4. The second-order valence-corrected chi connectivity index (χ2v) is 11.4. The summed E-state index contributed by atoms with van der Waals surface area (Å²) >= 11 is 0. The van der Waals surface area contributed by atoms with Gasteiger partial charge in [0.15, 0.2) is 6.54 Å². The average molecular weight is 435 g/mol. The molecule has 2 heterocycles. The number of hydrogen-bond acceptors (Lipinski definition) is 3. The molecule has 166 valence electrons. The first-order valence-electron chi connectivity index (χ1n) is 11.5. The van der Waals surface area contributed by atoms with Gasteiger partial charge in [0.25, 0.3) is 5.91 Å². The predicted molar refractivity (Wildman–Crippen MR) is 117 cm³/mol. The van der Waals surface area contributed by atoms with Gasteiger partial charge in [0.1, 0.15) is 0 Å². The van der Waals surface area contributed by atoms with Crippen LogP contribution in [0.15, 0.2) is 23.1 Å². The molecule has 0 bridgehead atoms. The minimum absolute atomic E-state index is 0.250. The standard InChI is InChI=1S/C23H35N3O3S/c1-18-7-8-22(19(2)15-18)30(28,29)26-13-11-24(12-14-26)17-23(27)25-10-9-20-5-3-4-6-21(20)16-25/h7-8,15,20-21H,3-6,9-14,16-17H2,1-2H3/p+1/t20-,21-/m0/s1. The summed E-state index contributed by atoms with van der Waals surface area (Å²) in [7, 11) is -3.47. The van der Waals surface area contributed by atoms with E-state index in [0.29, 0.717) is 43.5 Å². The first kappa shape index (κ1) is 21.8. The predicted octanol–water partition coefficient (Wildman–Crippen LogP) is 1.23. The quantitative estimate of drug-likeness (QED) is 0.775. The molecular weight excluding hydrogens is 398 g/mol. The number of quaternary nitrogens is 1. The van der Waals surface area contributed by atoms with E-state index in [-0.39, 0.29) is 5.91 Å². The van der Waals surface area contributed by atoms with Crippen LogP contribution in [0.25, 0.3) is 0 Å². The molecule has 0 aromatic heterocycles. The van der Waals surface area contributed by atoms with Crippen molar-refractivity contribution in [2.24, 2.45) is 11.8 Å². The Hall–Kier alpha value is -1.44. The fourth-order valence-corrected chi connectivity index (χ4v) is 7.25. The van der Waals surface area contributed by atoms with Crippen molar-refractivity contribution in [1.29, 1.82) is 0 Å². The van der Waals surface area contributed by atoms with Crippen molar-refractivity contribution in [2.45, 2.75) is 50.8 Å². The van der Waals surface area contributed by atoms with Crippen molar-refractivity contribution in [3.63, 3.8) is 0 Å². The summed E-state index contributed by atoms with van der Waals surface area (Å²) in [4.78, 5) is 16.6. The zero-order valence-electron chi connectivity index (χ0n) is 18.4. The van der Waals surface area contributed by atoms with Gasteiger partial charge in [0, 0.05) is 13.1 Å². The molecule has 0 radical (unpaired) electrons. The van der Waals surface area contributed by atoms with Gasteiger partial charge in [-0.2, -0.15) is 4.31 Å². The van der Waals surface area contributed by atoms with Gasteiger partial charge in [-0.15, -0.1) is 0 Å². The SMILES string of the molecule is Cc1ccc(S(=O)(=O)N2CC[NH+](CC(=O)N3CC[C@@H]4CCCC[C@H]4C3)CC2)c(C)c1. The molecule has 30 heavy (non-hydrogen) atoms. The zero-order chi connectivity index (χ0) is 21.3. The number of piperidine rings is 1. The van der Waals surface area contributed by atoms with Crippen LogP contribution in [-0.2, 0) is 14.8 Å². The average Bonchev–Trinajstić information content (AvgIpc) is 2.73. The molecule has 1 saturated carbocycles. The van der Waals surface area contributed by atoms with Gasteiger partial charge in [-0.1, -0.05) is 37.0 Å². The topological polar surface area (TPSA) is 62.1 Å². The van der Waals surface area contributed by atoms with Crippen LogP contribution in [0.4, 0.5) is 0 Å². The highest BCUT2D eigenvalue weighted by molar-refractivity contribution is 7.89. The molecule has 3 aliphatic rings. The Bertz CT molecular complexity index is 878. The first-order valence-corrected chi connectivity index (χ1v) is 13.0. The molecule has 1 aromatic rings. The summed E-state index contributed by atoms with van der Waals surface area (Å²) < 4.78 is 27.7. The van der Waals surface area contributed by atoms with E-state index in [1.807, 2.05) is 26.0 Å². The number of sulfonamides is 1. The Morgan fingerprint density at radius 3 is 2.43 bits per heavy atom. The summed E-state index contributed by atoms with van der Waals surface area (Å²) in [6.07, 6.45) is 6.44. The Morgan fingerprint density at radius 2 is 1.73 bits per heavy atom. The van der Waals surface area contributed by atoms with E-state index in [1.54, 1.807) is 10.4 Å². The lowest BCUT2D eigenvalue weighted by atomic mass is 9.75. The highest BCUT2D eigenvalue weighted by Gasteiger charge is 2.36. The maximum absolute atomic E-state index is 13.1. The molecule has 2 aliphatic heterocycles. The molecule has 1 amide bonds. The van der Waals surface area contributed by atoms with E-state index in [0.717, 1.165) is 36.6 Å². The smallest absolute Gasteiger partial charge is 0.277 e. The molecule has 7 heteroatoms. The summed E-state index contributed by atoms with van der Waals surface area (Å²) in [5, 5.41) is 0. The van der Waals surface area contributed by atoms with Crippen LogP contribution in [0.2, 0.25) is 0 Å². The minimum Gasteiger partial charge on any atom is -0.338 e. The molecule has 6 nitrogen and oxygen atoms in total. The van der Waals surface area contributed by atoms with Crippen LogP contribution in [-0.4, -0.2) is 69.3 Å². The molecule has 0 unspecified atom stereocenters. The number of hydrogen-bond donors (Lipinski definition) is 1. The molecule has 3 fully saturated rings. The number of amides is 1. The number of piperazine rings is 1. The molecule has 4 rings (SSSR count). The molecule has 2 atom stereocenters. The van der Waals surface area contributed by atoms with E-state index in [2.05, 4.69) is 4.90 Å². The van der Waals surface area contributed by atoms with Crippen LogP contribution >= 0.6 is 0 Å². The van der Waals surface area contributed by atoms with Gasteiger partial charge < -0.3 is 9.80 Å². The second-order valence-electron chi connectivity index (χ2n) is 9.53. The molecule has 2 saturated heterocycles. The van der Waals surface area contributed by atoms with E-state index in [1.165, 1.54) is 30.6 Å². The van der Waals surface area contributed by atoms with Gasteiger partial charge in [0.05, 0.1) is 31.1 Å². The molecule has 0 spiro atoms. The minimum atomic E-state index is -3.47. The number of nitrogens with zero attached hydrogens (tertiary/aromatic N) is 2. The second kappa shape index (κ2) is 8.97. The Labute approximate surface area is 181 Å². The van der Waals surface area contributed by atoms with Crippen LogP contribution in [0, 0.1) is 25.7 Å². The Morgan fingerprint density at radius 1 is 1.03 bits per heavy atom. The van der Waals surface area contributed by atoms with Crippen molar-refractivity contribution in [3.8, 4) is 0 Å². The lowest BCUT2D eigenvalue weighted by Crippen LogP contribution is -3.15. The first-order chi connectivity index (χ1) is 14.3. The number of likely N-dealkylation sites (tertiary alicyclic amines) is 1. The van der Waals surface area contributed by atoms with Gasteiger partial charge in [-0.25, -0.2) is 8.42 Å². The third kappa shape index (κ3) is 4.58. The number of carbonyl (C=O) groups is 1. The number of aryl methyl sites for hydroxylation is 2. The molecule has 1 aliphatic carbocycles. The summed E-state index contributed by atoms with van der Waals surface area (Å²) in [6, 6.07) is 5.50. The van der Waals surface area contributed by atoms with Crippen LogP contribution in [0.1, 0.15) is 43.2 Å². The highest BCUT2D eigenvalue weighted by atomic mass is 32.2. The van der Waals surface area contributed by atoms with Crippen molar-refractivity contribution < 1.29 is 18.1 Å². The fraction of sp³-hybridized carbons (Fsp3) is 0.696. The lowest BCUT2D eigenvalue weighted by Gasteiger charge is -2.41. The van der Waals surface area contributed by atoms with Crippen molar-refractivity contribution in [3.05, 3.63) is 29.3 Å². The maximum atomic E-state index is 13.1. The van der Waals surface area contributed by atoms with Gasteiger partial charge in [0.2, 0.25) is 10.0 Å². The summed E-state index contributed by atoms with van der Waals surface area (Å²) in [6.45, 7) is 8.49. The molecular formula is C23H36N3O3S+. The van der Waals surface area contributed by atoms with Gasteiger partial charge >= 0.3 is 0 Å². The van der Waals surface area contributed by atoms with E-state index in [4.69, 9.17) is 0 Å². The van der Waals surface area contributed by atoms with Crippen LogP contribution in [0.3, 0.4) is 0 Å². The Balaban J connectivity index is 1.30. The van der Waals surface area contributed by atoms with Crippen molar-refractivity contribution in [2.75, 3.05) is 45.8 Å². The fourth-order valence-electron chi connectivity index (χ4n) is 5.60. The third-order valence-electron chi connectivity index (χ3n) is 7.42. The largest absolute Gasteiger partial charge is 0.338 e. The Kier molecular flexibility index (Phi) is 6.51. The van der Waals surface area contributed by atoms with Crippen molar-refractivity contribution in [1.82, 2.24) is 9.21 Å². The van der Waals surface area contributed by atoms with Crippen molar-refractivity contribution >= 4 is 15.9 Å². The number of fused-ring (bicyclic) bond motifs is 1. The van der Waals surface area contributed by atoms with E-state index >= 15 is 0 Å². The van der Waals surface area contributed by atoms with E-state index < -0.39 is 10.0 Å². The lowest BCUT2D eigenvalue weighted by molar-refractivity contribution is -0.896. The number of benzene rings is 1. The maximum Gasteiger partial charge on any atom is 0.277 e. The summed E-state index contributed by atoms with van der Waals surface area (Å²) in [5.74, 6) is 1.78. The number of carbonyl (C=O) groups excluding carboxylic acids is 1. The third-order valence-corrected chi connectivity index (χ3v) is 9.48. The van der Waals surface area contributed by atoms with Gasteiger partial charge in [-0.3, -0.25) is 4.79 Å². The van der Waals surface area contributed by atoms with E-state index in [9.17, 15) is 13.2 Å². The molecule has 1 aromatic carbocycles. The van der Waals surface area contributed by atoms with Crippen LogP contribution in [0.5, 0.6) is 0 Å². The highest BCUT2D eigenvalue weighted by Crippen LogP contribution is 2.35. The zero-order valence-corrected chi connectivity index (χ0v) is 19.2. The van der Waals surface area contributed by atoms with Gasteiger partial charge in [-0.05, 0) is 50.2 Å². The number of nitrogens with one attached hydrogen (secondary N) is 1. The molecule has 1 N–H and O–H groups in total. The summed E-state index contributed by atoms with van der Waals surface area (Å²) in [5.41, 5.74) is 1.86. The number of rotatable bonds is 4.